The second kappa shape index (κ2) is 5.74. The molecule has 19 heavy (non-hydrogen) atoms. The Morgan fingerprint density at radius 2 is 2.00 bits per heavy atom. The Hall–Kier alpha value is -1.36. The zero-order chi connectivity index (χ0) is 13.9. The molecule has 0 radical (unpaired) electrons. The highest BCUT2D eigenvalue weighted by molar-refractivity contribution is 5.56. The average molecular weight is 264 g/mol. The van der Waals surface area contributed by atoms with Crippen LogP contribution in [0.15, 0.2) is 6.33 Å². The molecule has 1 aliphatic rings. The number of aromatic nitrogens is 2. The summed E-state index contributed by atoms with van der Waals surface area (Å²) in [6, 6.07) is 0. The van der Waals surface area contributed by atoms with E-state index in [0.717, 1.165) is 37.1 Å². The van der Waals surface area contributed by atoms with Gasteiger partial charge in [0.2, 0.25) is 0 Å². The summed E-state index contributed by atoms with van der Waals surface area (Å²) in [5.74, 6) is 1.52. The molecular formula is C14H24N4O. The zero-order valence-electron chi connectivity index (χ0n) is 11.8. The summed E-state index contributed by atoms with van der Waals surface area (Å²) in [4.78, 5) is 8.30. The number of rotatable bonds is 4. The van der Waals surface area contributed by atoms with E-state index in [4.69, 9.17) is 5.73 Å². The van der Waals surface area contributed by atoms with Crippen LogP contribution in [0.1, 0.15) is 57.4 Å². The minimum Gasteiger partial charge on any atom is -0.388 e. The van der Waals surface area contributed by atoms with Crippen LogP contribution >= 0.6 is 0 Å². The van der Waals surface area contributed by atoms with Gasteiger partial charge in [-0.25, -0.2) is 9.97 Å². The third-order valence-corrected chi connectivity index (χ3v) is 3.86. The molecule has 0 saturated heterocycles. The lowest BCUT2D eigenvalue weighted by Gasteiger charge is -2.32. The number of nitrogens with two attached hydrogens (primary N) is 1. The van der Waals surface area contributed by atoms with Gasteiger partial charge in [-0.15, -0.1) is 0 Å². The fraction of sp³-hybridized carbons (Fsp3) is 0.714. The molecule has 0 aromatic carbocycles. The van der Waals surface area contributed by atoms with E-state index in [0.29, 0.717) is 12.4 Å². The predicted molar refractivity (Wildman–Crippen MR) is 77.1 cm³/mol. The molecule has 5 heteroatoms. The van der Waals surface area contributed by atoms with Crippen molar-refractivity contribution in [3.8, 4) is 0 Å². The van der Waals surface area contributed by atoms with Gasteiger partial charge >= 0.3 is 0 Å². The number of anilines is 2. The standard InChI is InChI=1S/C14H24N4O/c1-10(2)11-12(15)17-9-18-13(11)16-8-14(19)6-4-3-5-7-14/h9-10,19H,3-8H2,1-2H3,(H3,15,16,17,18). The van der Waals surface area contributed by atoms with Crippen LogP contribution in [-0.4, -0.2) is 27.2 Å². The first kappa shape index (κ1) is 14.1. The Labute approximate surface area is 114 Å². The van der Waals surface area contributed by atoms with Crippen molar-refractivity contribution in [3.05, 3.63) is 11.9 Å². The van der Waals surface area contributed by atoms with E-state index in [9.17, 15) is 5.11 Å². The summed E-state index contributed by atoms with van der Waals surface area (Å²) >= 11 is 0. The van der Waals surface area contributed by atoms with Gasteiger partial charge in [0.05, 0.1) is 5.60 Å². The quantitative estimate of drug-likeness (QED) is 0.777. The molecule has 0 amide bonds. The number of nitrogen functional groups attached to an aromatic ring is 1. The summed E-state index contributed by atoms with van der Waals surface area (Å²) in [7, 11) is 0. The maximum Gasteiger partial charge on any atom is 0.135 e. The second-order valence-electron chi connectivity index (χ2n) is 5.81. The Bertz CT molecular complexity index is 427. The van der Waals surface area contributed by atoms with Gasteiger partial charge in [-0.3, -0.25) is 0 Å². The lowest BCUT2D eigenvalue weighted by molar-refractivity contribution is 0.0166. The first-order chi connectivity index (χ1) is 9.02. The highest BCUT2D eigenvalue weighted by Crippen LogP contribution is 2.30. The molecule has 0 aliphatic heterocycles. The second-order valence-corrected chi connectivity index (χ2v) is 5.81. The van der Waals surface area contributed by atoms with Gasteiger partial charge in [0.1, 0.15) is 18.0 Å². The van der Waals surface area contributed by atoms with Crippen LogP contribution in [0.3, 0.4) is 0 Å². The minimum absolute atomic E-state index is 0.254. The normalized spacial score (nSPS) is 18.5. The maximum atomic E-state index is 10.5. The summed E-state index contributed by atoms with van der Waals surface area (Å²) in [6.07, 6.45) is 6.60. The molecule has 106 valence electrons. The number of aliphatic hydroxyl groups is 1. The summed E-state index contributed by atoms with van der Waals surface area (Å²) < 4.78 is 0. The topological polar surface area (TPSA) is 84.1 Å². The van der Waals surface area contributed by atoms with Gasteiger partial charge < -0.3 is 16.2 Å². The van der Waals surface area contributed by atoms with Crippen molar-refractivity contribution in [2.45, 2.75) is 57.5 Å². The van der Waals surface area contributed by atoms with Crippen molar-refractivity contribution >= 4 is 11.6 Å². The summed E-state index contributed by atoms with van der Waals surface area (Å²) in [5, 5.41) is 13.8. The molecule has 2 rings (SSSR count). The van der Waals surface area contributed by atoms with Crippen molar-refractivity contribution in [1.29, 1.82) is 0 Å². The van der Waals surface area contributed by atoms with Crippen LogP contribution in [0.2, 0.25) is 0 Å². The van der Waals surface area contributed by atoms with E-state index in [1.165, 1.54) is 12.7 Å². The van der Waals surface area contributed by atoms with Crippen molar-refractivity contribution < 1.29 is 5.11 Å². The van der Waals surface area contributed by atoms with E-state index >= 15 is 0 Å². The number of hydrogen-bond donors (Lipinski definition) is 3. The van der Waals surface area contributed by atoms with Crippen LogP contribution in [0.5, 0.6) is 0 Å². The van der Waals surface area contributed by atoms with E-state index < -0.39 is 5.60 Å². The van der Waals surface area contributed by atoms with Crippen LogP contribution in [0, 0.1) is 0 Å². The molecule has 1 saturated carbocycles. The number of hydrogen-bond acceptors (Lipinski definition) is 5. The van der Waals surface area contributed by atoms with Gasteiger partial charge in [-0.05, 0) is 18.8 Å². The highest BCUT2D eigenvalue weighted by atomic mass is 16.3. The Kier molecular flexibility index (Phi) is 4.24. The average Bonchev–Trinajstić information content (AvgIpc) is 2.37. The zero-order valence-corrected chi connectivity index (χ0v) is 11.8. The van der Waals surface area contributed by atoms with Crippen molar-refractivity contribution in [2.24, 2.45) is 0 Å². The molecule has 0 bridgehead atoms. The van der Waals surface area contributed by atoms with Gasteiger partial charge in [0.25, 0.3) is 0 Å². The predicted octanol–water partition coefficient (Wildman–Crippen LogP) is 2.29. The first-order valence-corrected chi connectivity index (χ1v) is 7.08. The molecule has 0 spiro atoms. The molecule has 5 nitrogen and oxygen atoms in total. The summed E-state index contributed by atoms with van der Waals surface area (Å²) in [6.45, 7) is 4.66. The van der Waals surface area contributed by atoms with Crippen molar-refractivity contribution in [3.63, 3.8) is 0 Å². The number of nitrogens with zero attached hydrogens (tertiary/aromatic N) is 2. The lowest BCUT2D eigenvalue weighted by atomic mass is 9.85. The maximum absolute atomic E-state index is 10.5. The molecule has 0 atom stereocenters. The van der Waals surface area contributed by atoms with Gasteiger partial charge in [0, 0.05) is 12.1 Å². The third kappa shape index (κ3) is 3.35. The van der Waals surface area contributed by atoms with Crippen LogP contribution in [0.25, 0.3) is 0 Å². The highest BCUT2D eigenvalue weighted by Gasteiger charge is 2.29. The van der Waals surface area contributed by atoms with Gasteiger partial charge in [-0.2, -0.15) is 0 Å². The molecule has 0 unspecified atom stereocenters. The van der Waals surface area contributed by atoms with Crippen molar-refractivity contribution in [1.82, 2.24) is 9.97 Å². The van der Waals surface area contributed by atoms with Gasteiger partial charge in [0.15, 0.2) is 0 Å². The molecule has 1 aromatic rings. The fourth-order valence-corrected chi connectivity index (χ4v) is 2.75. The monoisotopic (exact) mass is 264 g/mol. The molecule has 1 aliphatic carbocycles. The SMILES string of the molecule is CC(C)c1c(N)ncnc1NCC1(O)CCCCC1. The van der Waals surface area contributed by atoms with Gasteiger partial charge in [-0.1, -0.05) is 33.1 Å². The lowest BCUT2D eigenvalue weighted by Crippen LogP contribution is -2.39. The molecular weight excluding hydrogens is 240 g/mol. The first-order valence-electron chi connectivity index (χ1n) is 7.08. The number of nitrogens with one attached hydrogen (secondary N) is 1. The van der Waals surface area contributed by atoms with E-state index in [1.807, 2.05) is 0 Å². The van der Waals surface area contributed by atoms with E-state index in [2.05, 4.69) is 29.1 Å². The Balaban J connectivity index is 2.09. The molecule has 4 N–H and O–H groups in total. The Morgan fingerprint density at radius 1 is 1.32 bits per heavy atom. The van der Waals surface area contributed by atoms with Crippen LogP contribution in [-0.2, 0) is 0 Å². The van der Waals surface area contributed by atoms with Crippen molar-refractivity contribution in [2.75, 3.05) is 17.6 Å². The van der Waals surface area contributed by atoms with E-state index in [-0.39, 0.29) is 5.92 Å². The molecule has 1 aromatic heterocycles. The fourth-order valence-electron chi connectivity index (χ4n) is 2.75. The smallest absolute Gasteiger partial charge is 0.135 e. The van der Waals surface area contributed by atoms with Crippen LogP contribution < -0.4 is 11.1 Å². The third-order valence-electron chi connectivity index (χ3n) is 3.86. The minimum atomic E-state index is -0.605. The Morgan fingerprint density at radius 3 is 2.63 bits per heavy atom. The molecule has 1 fully saturated rings. The van der Waals surface area contributed by atoms with E-state index in [1.54, 1.807) is 0 Å². The van der Waals surface area contributed by atoms with Crippen LogP contribution in [0.4, 0.5) is 11.6 Å². The summed E-state index contributed by atoms with van der Waals surface area (Å²) in [5.41, 5.74) is 6.24. The molecule has 1 heterocycles. The largest absolute Gasteiger partial charge is 0.388 e.